The van der Waals surface area contributed by atoms with Crippen molar-refractivity contribution >= 4 is 54.1 Å². The lowest BCUT2D eigenvalue weighted by Gasteiger charge is -2.15. The van der Waals surface area contributed by atoms with E-state index in [0.717, 1.165) is 5.69 Å². The highest BCUT2D eigenvalue weighted by Gasteiger charge is 2.17. The maximum absolute atomic E-state index is 2.47. The van der Waals surface area contributed by atoms with E-state index in [0.29, 0.717) is 0 Å². The molecule has 0 saturated heterocycles. The van der Waals surface area contributed by atoms with Crippen molar-refractivity contribution in [3.63, 3.8) is 0 Å². The molecule has 0 N–H and O–H groups in total. The average Bonchev–Trinajstić information content (AvgIpc) is 3.53. The van der Waals surface area contributed by atoms with Gasteiger partial charge < -0.3 is 4.57 Å². The minimum Gasteiger partial charge on any atom is -0.309 e. The average molecular weight is 622 g/mol. The molecule has 0 aliphatic carbocycles. The van der Waals surface area contributed by atoms with Gasteiger partial charge in [-0.2, -0.15) is 0 Å². The van der Waals surface area contributed by atoms with Gasteiger partial charge in [0.2, 0.25) is 0 Å². The van der Waals surface area contributed by atoms with E-state index in [-0.39, 0.29) is 0 Å². The van der Waals surface area contributed by atoms with Crippen LogP contribution in [0.5, 0.6) is 0 Å². The molecule has 1 nitrogen and oxygen atoms in total. The summed E-state index contributed by atoms with van der Waals surface area (Å²) in [5.41, 5.74) is 10.9. The summed E-state index contributed by atoms with van der Waals surface area (Å²) in [6.07, 6.45) is 0. The van der Waals surface area contributed by atoms with Crippen molar-refractivity contribution < 1.29 is 0 Å². The van der Waals surface area contributed by atoms with Crippen LogP contribution in [-0.2, 0) is 0 Å². The molecule has 10 rings (SSSR count). The topological polar surface area (TPSA) is 4.93 Å². The normalized spacial score (nSPS) is 11.7. The summed E-state index contributed by atoms with van der Waals surface area (Å²) in [6, 6.07) is 68.8. The molecule has 1 aromatic heterocycles. The van der Waals surface area contributed by atoms with Gasteiger partial charge >= 0.3 is 0 Å². The van der Waals surface area contributed by atoms with Crippen LogP contribution < -0.4 is 0 Å². The molecule has 49 heavy (non-hydrogen) atoms. The zero-order chi connectivity index (χ0) is 32.3. The smallest absolute Gasteiger partial charge is 0.0619 e. The Morgan fingerprint density at radius 1 is 0.265 bits per heavy atom. The maximum Gasteiger partial charge on any atom is 0.0619 e. The van der Waals surface area contributed by atoms with Crippen molar-refractivity contribution in [3.8, 4) is 39.1 Å². The van der Waals surface area contributed by atoms with Gasteiger partial charge in [-0.25, -0.2) is 0 Å². The first kappa shape index (κ1) is 27.7. The Hall–Kier alpha value is -6.44. The Labute approximate surface area is 284 Å². The number of nitrogens with zero attached hydrogens (tertiary/aromatic N) is 1. The fourth-order valence-corrected chi connectivity index (χ4v) is 7.84. The van der Waals surface area contributed by atoms with Crippen molar-refractivity contribution in [2.45, 2.75) is 0 Å². The molecule has 0 spiro atoms. The first-order chi connectivity index (χ1) is 24.3. The van der Waals surface area contributed by atoms with Crippen LogP contribution in [0, 0.1) is 0 Å². The van der Waals surface area contributed by atoms with Crippen LogP contribution in [0.3, 0.4) is 0 Å². The highest BCUT2D eigenvalue weighted by atomic mass is 15.0. The number of para-hydroxylation sites is 1. The molecular formula is C48H31N. The number of rotatable bonds is 4. The molecule has 0 saturated carbocycles. The number of fused-ring (bicyclic) bond motifs is 9. The van der Waals surface area contributed by atoms with Crippen LogP contribution in [0.15, 0.2) is 188 Å². The number of aromatic nitrogens is 1. The second kappa shape index (κ2) is 11.1. The zero-order valence-corrected chi connectivity index (χ0v) is 26.8. The van der Waals surface area contributed by atoms with E-state index < -0.39 is 0 Å². The standard InChI is InChI=1S/C48H31N/c1-3-12-32(13-4-1)36-28-37(33-14-5-2-6-15-33)30-38(29-36)35-17-11-18-39(31-35)49-47-21-10-9-20-44(47)46-27-25-43-42-23-22-34-16-7-8-19-40(34)41(42)24-26-45(43)48(46)49/h1-31H. The third-order valence-corrected chi connectivity index (χ3v) is 10.1. The lowest BCUT2D eigenvalue weighted by atomic mass is 9.93. The maximum atomic E-state index is 2.47. The Morgan fingerprint density at radius 3 is 1.47 bits per heavy atom. The highest BCUT2D eigenvalue weighted by molar-refractivity contribution is 6.25. The second-order valence-corrected chi connectivity index (χ2v) is 12.9. The molecule has 0 fully saturated rings. The third kappa shape index (κ3) is 4.47. The number of hydrogen-bond acceptors (Lipinski definition) is 0. The van der Waals surface area contributed by atoms with E-state index in [4.69, 9.17) is 0 Å². The van der Waals surface area contributed by atoms with Crippen molar-refractivity contribution in [2.24, 2.45) is 0 Å². The van der Waals surface area contributed by atoms with E-state index in [9.17, 15) is 0 Å². The summed E-state index contributed by atoms with van der Waals surface area (Å²) < 4.78 is 2.47. The lowest BCUT2D eigenvalue weighted by Crippen LogP contribution is -1.95. The van der Waals surface area contributed by atoms with Gasteiger partial charge in [0.25, 0.3) is 0 Å². The minimum atomic E-state index is 1.15. The van der Waals surface area contributed by atoms with Gasteiger partial charge in [0.05, 0.1) is 11.0 Å². The molecule has 0 atom stereocenters. The molecule has 10 aromatic rings. The van der Waals surface area contributed by atoms with E-state index >= 15 is 0 Å². The lowest BCUT2D eigenvalue weighted by molar-refractivity contribution is 1.19. The highest BCUT2D eigenvalue weighted by Crippen LogP contribution is 2.41. The quantitative estimate of drug-likeness (QED) is 0.172. The van der Waals surface area contributed by atoms with Gasteiger partial charge in [0.15, 0.2) is 0 Å². The Morgan fingerprint density at radius 2 is 0.755 bits per heavy atom. The first-order valence-electron chi connectivity index (χ1n) is 16.9. The van der Waals surface area contributed by atoms with Crippen molar-refractivity contribution in [3.05, 3.63) is 188 Å². The van der Waals surface area contributed by atoms with Crippen LogP contribution in [-0.4, -0.2) is 4.57 Å². The van der Waals surface area contributed by atoms with E-state index in [2.05, 4.69) is 193 Å². The monoisotopic (exact) mass is 621 g/mol. The molecule has 0 radical (unpaired) electrons. The van der Waals surface area contributed by atoms with Crippen molar-refractivity contribution in [1.82, 2.24) is 4.57 Å². The van der Waals surface area contributed by atoms with Crippen LogP contribution in [0.1, 0.15) is 0 Å². The van der Waals surface area contributed by atoms with E-state index in [1.54, 1.807) is 0 Å². The Bertz CT molecular complexity index is 2800. The summed E-state index contributed by atoms with van der Waals surface area (Å²) in [5, 5.41) is 10.2. The van der Waals surface area contributed by atoms with Gasteiger partial charge in [-0.3, -0.25) is 0 Å². The molecule has 9 aromatic carbocycles. The minimum absolute atomic E-state index is 1.15. The predicted octanol–water partition coefficient (Wildman–Crippen LogP) is 13.2. The summed E-state index contributed by atoms with van der Waals surface area (Å²) in [7, 11) is 0. The molecule has 0 unspecified atom stereocenters. The van der Waals surface area contributed by atoms with Crippen LogP contribution in [0.25, 0.3) is 93.2 Å². The van der Waals surface area contributed by atoms with Gasteiger partial charge in [0.1, 0.15) is 0 Å². The van der Waals surface area contributed by atoms with E-state index in [1.807, 2.05) is 0 Å². The molecular weight excluding hydrogens is 591 g/mol. The van der Waals surface area contributed by atoms with E-state index in [1.165, 1.54) is 87.5 Å². The van der Waals surface area contributed by atoms with Crippen LogP contribution in [0.4, 0.5) is 0 Å². The van der Waals surface area contributed by atoms with Crippen LogP contribution >= 0.6 is 0 Å². The number of hydrogen-bond donors (Lipinski definition) is 0. The van der Waals surface area contributed by atoms with Gasteiger partial charge in [-0.1, -0.05) is 152 Å². The fraction of sp³-hybridized carbons (Fsp3) is 0. The summed E-state index contributed by atoms with van der Waals surface area (Å²) >= 11 is 0. The first-order valence-corrected chi connectivity index (χ1v) is 16.9. The zero-order valence-electron chi connectivity index (χ0n) is 26.8. The molecule has 228 valence electrons. The largest absolute Gasteiger partial charge is 0.309 e. The molecule has 1 heteroatoms. The molecule has 0 bridgehead atoms. The van der Waals surface area contributed by atoms with Crippen molar-refractivity contribution in [1.29, 1.82) is 0 Å². The van der Waals surface area contributed by atoms with Crippen molar-refractivity contribution in [2.75, 3.05) is 0 Å². The van der Waals surface area contributed by atoms with Crippen LogP contribution in [0.2, 0.25) is 0 Å². The molecule has 1 heterocycles. The Balaban J connectivity index is 1.22. The number of benzene rings is 9. The summed E-state index contributed by atoms with van der Waals surface area (Å²) in [5.74, 6) is 0. The fourth-order valence-electron chi connectivity index (χ4n) is 7.84. The van der Waals surface area contributed by atoms with Gasteiger partial charge in [0, 0.05) is 21.8 Å². The SMILES string of the molecule is c1ccc(-c2cc(-c3ccccc3)cc(-c3cccc(-n4c5ccccc5c5ccc6c7ccc8ccccc8c7ccc6c54)c3)c2)cc1. The molecule has 0 amide bonds. The van der Waals surface area contributed by atoms with Gasteiger partial charge in [-0.15, -0.1) is 0 Å². The second-order valence-electron chi connectivity index (χ2n) is 12.9. The Kier molecular flexibility index (Phi) is 6.25. The molecule has 0 aliphatic heterocycles. The molecule has 0 aliphatic rings. The summed E-state index contributed by atoms with van der Waals surface area (Å²) in [6.45, 7) is 0. The third-order valence-electron chi connectivity index (χ3n) is 10.1. The predicted molar refractivity (Wildman–Crippen MR) is 210 cm³/mol. The summed E-state index contributed by atoms with van der Waals surface area (Å²) in [4.78, 5) is 0. The van der Waals surface area contributed by atoms with Gasteiger partial charge in [-0.05, 0) is 96.7 Å².